The molecule has 0 heterocycles. The van der Waals surface area contributed by atoms with Gasteiger partial charge in [0.25, 0.3) is 0 Å². The standard InChI is InChI=1S/C22H28N2O6/c25-13-23-15-5-9-17(10-6-15)29-21(27)19-3-1-2-4-20(19)22(28)30-18-11-7-16(8-12-18)24-14-26/h1-2,15-20H,3-12H2. The SMILES string of the molecule is O=C=NC1CCC(OC(=O)C2CC=CCC2C(=O)OC2CCC(N=C=O)CC2)CC1. The van der Waals surface area contributed by atoms with Crippen LogP contribution in [0, 0.1) is 11.8 Å². The van der Waals surface area contributed by atoms with Gasteiger partial charge < -0.3 is 9.47 Å². The fourth-order valence-electron chi connectivity index (χ4n) is 4.57. The molecule has 2 atom stereocenters. The number of hydrogen-bond donors (Lipinski definition) is 0. The van der Waals surface area contributed by atoms with Gasteiger partial charge in [0.2, 0.25) is 12.2 Å². The van der Waals surface area contributed by atoms with Gasteiger partial charge in [0.05, 0.1) is 23.9 Å². The Kier molecular flexibility index (Phi) is 8.12. The van der Waals surface area contributed by atoms with Crippen LogP contribution >= 0.6 is 0 Å². The van der Waals surface area contributed by atoms with E-state index in [1.165, 1.54) is 0 Å². The molecule has 3 aliphatic rings. The Morgan fingerprint density at radius 1 is 0.667 bits per heavy atom. The molecule has 3 aliphatic carbocycles. The number of carbonyl (C=O) groups excluding carboxylic acids is 4. The number of nitrogens with zero attached hydrogens (tertiary/aromatic N) is 2. The largest absolute Gasteiger partial charge is 0.462 e. The summed E-state index contributed by atoms with van der Waals surface area (Å²) in [5.74, 6) is -1.78. The molecule has 3 rings (SSSR count). The maximum absolute atomic E-state index is 12.8. The van der Waals surface area contributed by atoms with Crippen molar-refractivity contribution in [2.75, 3.05) is 0 Å². The van der Waals surface area contributed by atoms with E-state index in [1.807, 2.05) is 12.2 Å². The van der Waals surface area contributed by atoms with E-state index in [0.29, 0.717) is 64.2 Å². The number of rotatable bonds is 6. The van der Waals surface area contributed by atoms with Crippen molar-refractivity contribution in [1.29, 1.82) is 0 Å². The second-order valence-electron chi connectivity index (χ2n) is 8.33. The second kappa shape index (κ2) is 11.0. The highest BCUT2D eigenvalue weighted by atomic mass is 16.6. The van der Waals surface area contributed by atoms with Crippen LogP contribution in [0.15, 0.2) is 22.1 Å². The zero-order chi connectivity index (χ0) is 21.3. The minimum atomic E-state index is -0.538. The van der Waals surface area contributed by atoms with Crippen molar-refractivity contribution in [3.63, 3.8) is 0 Å². The molecule has 2 fully saturated rings. The lowest BCUT2D eigenvalue weighted by Crippen LogP contribution is -2.38. The molecule has 8 heteroatoms. The minimum absolute atomic E-state index is 0.0369. The predicted molar refractivity (Wildman–Crippen MR) is 106 cm³/mol. The lowest BCUT2D eigenvalue weighted by molar-refractivity contribution is -0.168. The van der Waals surface area contributed by atoms with Crippen LogP contribution in [0.5, 0.6) is 0 Å². The van der Waals surface area contributed by atoms with Crippen molar-refractivity contribution in [3.8, 4) is 0 Å². The van der Waals surface area contributed by atoms with Crippen LogP contribution in [-0.2, 0) is 28.7 Å². The van der Waals surface area contributed by atoms with Crippen molar-refractivity contribution in [3.05, 3.63) is 12.2 Å². The van der Waals surface area contributed by atoms with Crippen molar-refractivity contribution in [2.24, 2.45) is 21.8 Å². The Labute approximate surface area is 175 Å². The Hall–Kier alpha value is -2.56. The molecule has 162 valence electrons. The van der Waals surface area contributed by atoms with Crippen molar-refractivity contribution >= 4 is 24.1 Å². The van der Waals surface area contributed by atoms with Crippen LogP contribution in [0.4, 0.5) is 0 Å². The summed E-state index contributed by atoms with van der Waals surface area (Å²) in [6.45, 7) is 0. The highest BCUT2D eigenvalue weighted by Crippen LogP contribution is 2.32. The highest BCUT2D eigenvalue weighted by molar-refractivity contribution is 5.83. The number of isocyanates is 2. The van der Waals surface area contributed by atoms with Gasteiger partial charge in [0.15, 0.2) is 0 Å². The molecule has 8 nitrogen and oxygen atoms in total. The summed E-state index contributed by atoms with van der Waals surface area (Å²) < 4.78 is 11.4. The van der Waals surface area contributed by atoms with E-state index in [9.17, 15) is 19.2 Å². The first-order valence-corrected chi connectivity index (χ1v) is 10.8. The van der Waals surface area contributed by atoms with Crippen molar-refractivity contribution < 1.29 is 28.7 Å². The van der Waals surface area contributed by atoms with Crippen LogP contribution < -0.4 is 0 Å². The number of hydrogen-bond acceptors (Lipinski definition) is 8. The van der Waals surface area contributed by atoms with Gasteiger partial charge in [-0.1, -0.05) is 12.2 Å². The molecule has 0 amide bonds. The highest BCUT2D eigenvalue weighted by Gasteiger charge is 2.39. The minimum Gasteiger partial charge on any atom is -0.462 e. The smallest absolute Gasteiger partial charge is 0.310 e. The number of carbonyl (C=O) groups is 2. The summed E-state index contributed by atoms with van der Waals surface area (Å²) in [5.41, 5.74) is 0. The summed E-state index contributed by atoms with van der Waals surface area (Å²) >= 11 is 0. The molecule has 0 aromatic heterocycles. The van der Waals surface area contributed by atoms with E-state index < -0.39 is 11.8 Å². The quantitative estimate of drug-likeness (QED) is 0.285. The zero-order valence-electron chi connectivity index (χ0n) is 17.0. The summed E-state index contributed by atoms with van der Waals surface area (Å²) in [6, 6.07) is -0.0739. The lowest BCUT2D eigenvalue weighted by Gasteiger charge is -2.31. The van der Waals surface area contributed by atoms with Gasteiger partial charge in [-0.25, -0.2) is 19.6 Å². The monoisotopic (exact) mass is 416 g/mol. The van der Waals surface area contributed by atoms with Crippen molar-refractivity contribution in [1.82, 2.24) is 0 Å². The molecule has 0 N–H and O–H groups in total. The number of ether oxygens (including phenoxy) is 2. The van der Waals surface area contributed by atoms with Gasteiger partial charge in [-0.3, -0.25) is 9.59 Å². The summed E-state index contributed by atoms with van der Waals surface area (Å²) in [7, 11) is 0. The summed E-state index contributed by atoms with van der Waals surface area (Å²) in [6.07, 6.45) is 12.9. The molecule has 0 spiro atoms. The second-order valence-corrected chi connectivity index (χ2v) is 8.33. The molecule has 0 radical (unpaired) electrons. The average Bonchev–Trinajstić information content (AvgIpc) is 2.77. The van der Waals surface area contributed by atoms with Crippen LogP contribution in [0.1, 0.15) is 64.2 Å². The summed E-state index contributed by atoms with van der Waals surface area (Å²) in [5, 5.41) is 0. The third-order valence-corrected chi connectivity index (χ3v) is 6.36. The molecule has 0 bridgehead atoms. The number of esters is 2. The molecule has 2 saturated carbocycles. The van der Waals surface area contributed by atoms with E-state index in [1.54, 1.807) is 12.2 Å². The fourth-order valence-corrected chi connectivity index (χ4v) is 4.57. The Bertz CT molecular complexity index is 675. The van der Waals surface area contributed by atoms with Gasteiger partial charge in [-0.15, -0.1) is 0 Å². The summed E-state index contributed by atoms with van der Waals surface area (Å²) in [4.78, 5) is 53.9. The average molecular weight is 416 g/mol. The fraction of sp³-hybridized carbons (Fsp3) is 0.727. The lowest BCUT2D eigenvalue weighted by atomic mass is 9.82. The normalized spacial score (nSPS) is 33.5. The molecule has 0 saturated heterocycles. The van der Waals surface area contributed by atoms with Gasteiger partial charge in [0.1, 0.15) is 12.2 Å². The molecular formula is C22H28N2O6. The van der Waals surface area contributed by atoms with Gasteiger partial charge in [-0.2, -0.15) is 0 Å². The van der Waals surface area contributed by atoms with Gasteiger partial charge in [-0.05, 0) is 64.2 Å². The first-order chi connectivity index (χ1) is 14.6. The zero-order valence-corrected chi connectivity index (χ0v) is 17.0. The Morgan fingerprint density at radius 3 is 1.37 bits per heavy atom. The molecule has 30 heavy (non-hydrogen) atoms. The van der Waals surface area contributed by atoms with Crippen LogP contribution in [-0.4, -0.2) is 48.4 Å². The van der Waals surface area contributed by atoms with Crippen molar-refractivity contribution in [2.45, 2.75) is 88.5 Å². The topological polar surface area (TPSA) is 111 Å². The molecule has 0 aromatic rings. The van der Waals surface area contributed by atoms with Gasteiger partial charge >= 0.3 is 11.9 Å². The maximum Gasteiger partial charge on any atom is 0.310 e. The number of aliphatic imine (C=N–C) groups is 2. The van der Waals surface area contributed by atoms with E-state index in [0.717, 1.165) is 0 Å². The first kappa shape index (κ1) is 22.1. The molecule has 2 unspecified atom stereocenters. The number of allylic oxidation sites excluding steroid dienone is 2. The molecule has 0 aliphatic heterocycles. The van der Waals surface area contributed by atoms with E-state index in [2.05, 4.69) is 9.98 Å². The first-order valence-electron chi connectivity index (χ1n) is 10.8. The van der Waals surface area contributed by atoms with Crippen LogP contribution in [0.2, 0.25) is 0 Å². The third kappa shape index (κ3) is 5.97. The third-order valence-electron chi connectivity index (χ3n) is 6.36. The Morgan fingerprint density at radius 2 is 1.03 bits per heavy atom. The Balaban J connectivity index is 1.51. The van der Waals surface area contributed by atoms with E-state index in [4.69, 9.17) is 9.47 Å². The van der Waals surface area contributed by atoms with E-state index >= 15 is 0 Å². The predicted octanol–water partition coefficient (Wildman–Crippen LogP) is 2.95. The van der Waals surface area contributed by atoms with Gasteiger partial charge in [0, 0.05) is 0 Å². The maximum atomic E-state index is 12.8. The van der Waals surface area contributed by atoms with Crippen LogP contribution in [0.25, 0.3) is 0 Å². The molecular weight excluding hydrogens is 388 g/mol. The molecule has 0 aromatic carbocycles. The van der Waals surface area contributed by atoms with E-state index in [-0.39, 0.29) is 36.2 Å². The van der Waals surface area contributed by atoms with Crippen LogP contribution in [0.3, 0.4) is 0 Å².